The van der Waals surface area contributed by atoms with E-state index < -0.39 is 11.7 Å². The Balaban J connectivity index is 1.84. The van der Waals surface area contributed by atoms with Crippen molar-refractivity contribution in [1.29, 1.82) is 0 Å². The second-order valence-electron chi connectivity index (χ2n) is 7.94. The van der Waals surface area contributed by atoms with Gasteiger partial charge in [0, 0.05) is 44.1 Å². The molecule has 2 aromatic carbocycles. The molecule has 6 heteroatoms. The predicted octanol–water partition coefficient (Wildman–Crippen LogP) is 5.10. The standard InChI is InChI=1S/C23H30F3N3/c1-18-7-4-5-8-21(18)29(12-6-11-28-15-13-27(3)14-16-28)22-17-20(23(24,25)26)10-9-19(22)2/h4-5,7-10,17H,6,11-16H2,1-3H3. The quantitative estimate of drug-likeness (QED) is 0.662. The Hall–Kier alpha value is -2.05. The van der Waals surface area contributed by atoms with Crippen LogP contribution in [0.25, 0.3) is 0 Å². The number of hydrogen-bond donors (Lipinski definition) is 0. The summed E-state index contributed by atoms with van der Waals surface area (Å²) < 4.78 is 40.0. The van der Waals surface area contributed by atoms with Crippen molar-refractivity contribution in [2.45, 2.75) is 26.4 Å². The molecule has 0 N–H and O–H groups in total. The van der Waals surface area contributed by atoms with E-state index in [0.29, 0.717) is 12.2 Å². The van der Waals surface area contributed by atoms with E-state index in [4.69, 9.17) is 0 Å². The van der Waals surface area contributed by atoms with Crippen molar-refractivity contribution >= 4 is 11.4 Å². The largest absolute Gasteiger partial charge is 0.416 e. The van der Waals surface area contributed by atoms with Gasteiger partial charge in [0.25, 0.3) is 0 Å². The van der Waals surface area contributed by atoms with Crippen LogP contribution in [0.5, 0.6) is 0 Å². The third-order valence-corrected chi connectivity index (χ3v) is 5.69. The van der Waals surface area contributed by atoms with Crippen molar-refractivity contribution in [3.8, 4) is 0 Å². The van der Waals surface area contributed by atoms with Crippen LogP contribution < -0.4 is 4.90 Å². The molecule has 0 amide bonds. The van der Waals surface area contributed by atoms with Crippen LogP contribution in [0.4, 0.5) is 24.5 Å². The van der Waals surface area contributed by atoms with Gasteiger partial charge in [-0.25, -0.2) is 0 Å². The average Bonchev–Trinajstić information content (AvgIpc) is 2.67. The van der Waals surface area contributed by atoms with E-state index in [0.717, 1.165) is 56.0 Å². The monoisotopic (exact) mass is 405 g/mol. The zero-order chi connectivity index (χ0) is 21.0. The molecule has 0 bridgehead atoms. The lowest BCUT2D eigenvalue weighted by atomic mass is 10.1. The number of aryl methyl sites for hydroxylation is 2. The molecule has 0 unspecified atom stereocenters. The topological polar surface area (TPSA) is 9.72 Å². The molecule has 1 aliphatic rings. The number of nitrogens with zero attached hydrogens (tertiary/aromatic N) is 3. The Morgan fingerprint density at radius 2 is 1.55 bits per heavy atom. The maximum atomic E-state index is 13.3. The van der Waals surface area contributed by atoms with Crippen LogP contribution in [0.15, 0.2) is 42.5 Å². The first-order valence-electron chi connectivity index (χ1n) is 10.2. The Bertz CT molecular complexity index is 811. The fourth-order valence-corrected chi connectivity index (χ4v) is 3.84. The summed E-state index contributed by atoms with van der Waals surface area (Å²) in [5, 5.41) is 0. The van der Waals surface area contributed by atoms with Gasteiger partial charge in [0.1, 0.15) is 0 Å². The highest BCUT2D eigenvalue weighted by Gasteiger charge is 2.31. The maximum absolute atomic E-state index is 13.3. The van der Waals surface area contributed by atoms with Gasteiger partial charge in [-0.1, -0.05) is 24.3 Å². The number of piperazine rings is 1. The van der Waals surface area contributed by atoms with Crippen LogP contribution in [0.2, 0.25) is 0 Å². The molecule has 0 saturated carbocycles. The number of rotatable bonds is 6. The van der Waals surface area contributed by atoms with Crippen LogP contribution >= 0.6 is 0 Å². The molecule has 158 valence electrons. The maximum Gasteiger partial charge on any atom is 0.416 e. The molecule has 29 heavy (non-hydrogen) atoms. The van der Waals surface area contributed by atoms with Gasteiger partial charge in [-0.2, -0.15) is 13.2 Å². The van der Waals surface area contributed by atoms with E-state index in [1.165, 1.54) is 12.1 Å². The number of halogens is 3. The molecule has 0 aliphatic carbocycles. The van der Waals surface area contributed by atoms with E-state index in [9.17, 15) is 13.2 Å². The van der Waals surface area contributed by atoms with Gasteiger partial charge in [0.15, 0.2) is 0 Å². The number of hydrogen-bond acceptors (Lipinski definition) is 3. The Morgan fingerprint density at radius 1 is 0.897 bits per heavy atom. The smallest absolute Gasteiger partial charge is 0.341 e. The fourth-order valence-electron chi connectivity index (χ4n) is 3.84. The summed E-state index contributed by atoms with van der Waals surface area (Å²) in [5.41, 5.74) is 2.90. The molecular formula is C23H30F3N3. The molecule has 1 saturated heterocycles. The number of alkyl halides is 3. The van der Waals surface area contributed by atoms with Gasteiger partial charge in [-0.15, -0.1) is 0 Å². The number of likely N-dealkylation sites (N-methyl/N-ethyl adjacent to an activating group) is 1. The molecule has 0 aromatic heterocycles. The van der Waals surface area contributed by atoms with E-state index in [2.05, 4.69) is 21.7 Å². The van der Waals surface area contributed by atoms with Crippen molar-refractivity contribution in [1.82, 2.24) is 9.80 Å². The normalized spacial score (nSPS) is 16.2. The zero-order valence-corrected chi connectivity index (χ0v) is 17.5. The predicted molar refractivity (Wildman–Crippen MR) is 113 cm³/mol. The number of benzene rings is 2. The molecule has 0 spiro atoms. The third-order valence-electron chi connectivity index (χ3n) is 5.69. The first-order chi connectivity index (χ1) is 13.8. The minimum absolute atomic E-state index is 0.601. The summed E-state index contributed by atoms with van der Waals surface area (Å²) in [6, 6.07) is 11.9. The lowest BCUT2D eigenvalue weighted by Gasteiger charge is -2.34. The second-order valence-corrected chi connectivity index (χ2v) is 7.94. The van der Waals surface area contributed by atoms with Gasteiger partial charge in [0.2, 0.25) is 0 Å². The molecule has 2 aromatic rings. The molecule has 0 atom stereocenters. The van der Waals surface area contributed by atoms with Crippen molar-refractivity contribution in [2.75, 3.05) is 51.2 Å². The lowest BCUT2D eigenvalue weighted by molar-refractivity contribution is -0.137. The van der Waals surface area contributed by atoms with Gasteiger partial charge >= 0.3 is 6.18 Å². The minimum Gasteiger partial charge on any atom is -0.341 e. The molecule has 1 fully saturated rings. The van der Waals surface area contributed by atoms with E-state index in [1.807, 2.05) is 38.1 Å². The van der Waals surface area contributed by atoms with E-state index >= 15 is 0 Å². The summed E-state index contributed by atoms with van der Waals surface area (Å²) >= 11 is 0. The molecule has 3 rings (SSSR count). The first-order valence-corrected chi connectivity index (χ1v) is 10.2. The minimum atomic E-state index is -4.35. The van der Waals surface area contributed by atoms with Crippen molar-refractivity contribution in [3.63, 3.8) is 0 Å². The Kier molecular flexibility index (Phi) is 6.85. The molecule has 3 nitrogen and oxygen atoms in total. The van der Waals surface area contributed by atoms with Crippen LogP contribution in [0, 0.1) is 13.8 Å². The summed E-state index contributed by atoms with van der Waals surface area (Å²) in [5.74, 6) is 0. The third kappa shape index (κ3) is 5.52. The fraction of sp³-hybridized carbons (Fsp3) is 0.478. The van der Waals surface area contributed by atoms with Crippen molar-refractivity contribution < 1.29 is 13.2 Å². The Labute approximate surface area is 171 Å². The zero-order valence-electron chi connectivity index (χ0n) is 17.5. The molecule has 1 heterocycles. The van der Waals surface area contributed by atoms with Crippen LogP contribution in [0.1, 0.15) is 23.1 Å². The van der Waals surface area contributed by atoms with Crippen LogP contribution in [-0.2, 0) is 6.18 Å². The molecular weight excluding hydrogens is 375 g/mol. The van der Waals surface area contributed by atoms with Crippen LogP contribution in [0.3, 0.4) is 0 Å². The SMILES string of the molecule is Cc1ccccc1N(CCCN1CCN(C)CC1)c1cc(C(F)(F)F)ccc1C. The van der Waals surface area contributed by atoms with Crippen LogP contribution in [-0.4, -0.2) is 56.1 Å². The van der Waals surface area contributed by atoms with E-state index in [1.54, 1.807) is 6.07 Å². The highest BCUT2D eigenvalue weighted by molar-refractivity contribution is 5.69. The summed E-state index contributed by atoms with van der Waals surface area (Å²) in [6.45, 7) is 9.73. The summed E-state index contributed by atoms with van der Waals surface area (Å²) in [4.78, 5) is 6.81. The van der Waals surface area contributed by atoms with Gasteiger partial charge in [-0.3, -0.25) is 0 Å². The van der Waals surface area contributed by atoms with Gasteiger partial charge in [-0.05, 0) is 63.2 Å². The number of para-hydroxylation sites is 1. The second kappa shape index (κ2) is 9.18. The highest BCUT2D eigenvalue weighted by atomic mass is 19.4. The molecule has 0 radical (unpaired) electrons. The first kappa shape index (κ1) is 21.7. The summed E-state index contributed by atoms with van der Waals surface area (Å²) in [7, 11) is 2.13. The number of anilines is 2. The van der Waals surface area contributed by atoms with Crippen molar-refractivity contribution in [3.05, 3.63) is 59.2 Å². The van der Waals surface area contributed by atoms with Gasteiger partial charge in [0.05, 0.1) is 5.56 Å². The molecule has 1 aliphatic heterocycles. The highest BCUT2D eigenvalue weighted by Crippen LogP contribution is 2.36. The Morgan fingerprint density at radius 3 is 2.21 bits per heavy atom. The van der Waals surface area contributed by atoms with Crippen molar-refractivity contribution in [2.24, 2.45) is 0 Å². The summed E-state index contributed by atoms with van der Waals surface area (Å²) in [6.07, 6.45) is -3.45. The lowest BCUT2D eigenvalue weighted by Crippen LogP contribution is -2.45. The van der Waals surface area contributed by atoms with Gasteiger partial charge < -0.3 is 14.7 Å². The average molecular weight is 406 g/mol. The van der Waals surface area contributed by atoms with E-state index in [-0.39, 0.29) is 0 Å².